The van der Waals surface area contributed by atoms with Gasteiger partial charge < -0.3 is 10.1 Å². The molecule has 0 radical (unpaired) electrons. The Morgan fingerprint density at radius 3 is 2.67 bits per heavy atom. The molecular formula is C26H30N4O2S. The van der Waals surface area contributed by atoms with Crippen LogP contribution in [0.25, 0.3) is 0 Å². The molecule has 1 amide bonds. The van der Waals surface area contributed by atoms with E-state index in [4.69, 9.17) is 4.74 Å². The highest BCUT2D eigenvalue weighted by Gasteiger charge is 2.16. The van der Waals surface area contributed by atoms with Gasteiger partial charge in [-0.3, -0.25) is 9.36 Å². The van der Waals surface area contributed by atoms with Crippen molar-refractivity contribution in [2.75, 3.05) is 11.1 Å². The zero-order valence-corrected chi connectivity index (χ0v) is 20.1. The number of hydrogen-bond acceptors (Lipinski definition) is 5. The van der Waals surface area contributed by atoms with Crippen LogP contribution in [0.3, 0.4) is 0 Å². The van der Waals surface area contributed by atoms with Crippen molar-refractivity contribution in [1.29, 1.82) is 0 Å². The van der Waals surface area contributed by atoms with Crippen LogP contribution in [0, 0.1) is 13.8 Å². The van der Waals surface area contributed by atoms with Gasteiger partial charge in [-0.15, -0.1) is 16.8 Å². The Morgan fingerprint density at radius 2 is 1.91 bits per heavy atom. The number of para-hydroxylation sites is 1. The fourth-order valence-electron chi connectivity index (χ4n) is 4.11. The number of anilines is 1. The molecule has 6 nitrogen and oxygen atoms in total. The predicted octanol–water partition coefficient (Wildman–Crippen LogP) is 5.27. The van der Waals surface area contributed by atoms with Gasteiger partial charge in [0.15, 0.2) is 11.0 Å². The summed E-state index contributed by atoms with van der Waals surface area (Å²) in [5.74, 6) is 1.74. The van der Waals surface area contributed by atoms with Crippen LogP contribution in [0.4, 0.5) is 5.69 Å². The van der Waals surface area contributed by atoms with Crippen LogP contribution < -0.4 is 10.1 Å². The number of rotatable bonds is 9. The average Bonchev–Trinajstić information content (AvgIpc) is 3.20. The molecule has 1 N–H and O–H groups in total. The van der Waals surface area contributed by atoms with Crippen molar-refractivity contribution in [3.63, 3.8) is 0 Å². The van der Waals surface area contributed by atoms with Crippen LogP contribution in [-0.4, -0.2) is 26.4 Å². The summed E-state index contributed by atoms with van der Waals surface area (Å²) >= 11 is 1.36. The van der Waals surface area contributed by atoms with Gasteiger partial charge in [-0.1, -0.05) is 42.1 Å². The topological polar surface area (TPSA) is 69.0 Å². The van der Waals surface area contributed by atoms with Crippen molar-refractivity contribution in [2.24, 2.45) is 0 Å². The number of aryl methyl sites for hydroxylation is 4. The molecule has 0 bridgehead atoms. The van der Waals surface area contributed by atoms with Gasteiger partial charge in [0.1, 0.15) is 12.4 Å². The third-order valence-corrected chi connectivity index (χ3v) is 6.84. The molecule has 0 spiro atoms. The number of fused-ring (bicyclic) bond motifs is 1. The summed E-state index contributed by atoms with van der Waals surface area (Å²) in [6.07, 6.45) is 6.57. The van der Waals surface area contributed by atoms with Crippen molar-refractivity contribution in [3.8, 4) is 5.75 Å². The molecule has 1 aromatic heterocycles. The van der Waals surface area contributed by atoms with E-state index in [-0.39, 0.29) is 11.7 Å². The fourth-order valence-corrected chi connectivity index (χ4v) is 4.88. The second kappa shape index (κ2) is 10.7. The molecule has 1 heterocycles. The number of ether oxygens (including phenoxy) is 1. The molecule has 172 valence electrons. The number of carbonyl (C=O) groups excluding carboxylic acids is 1. The Hall–Kier alpha value is -3.06. The number of allylic oxidation sites excluding steroid dienone is 1. The molecule has 3 aromatic rings. The maximum atomic E-state index is 12.6. The quantitative estimate of drug-likeness (QED) is 0.347. The van der Waals surface area contributed by atoms with Crippen LogP contribution in [0.5, 0.6) is 5.75 Å². The summed E-state index contributed by atoms with van der Waals surface area (Å²) in [7, 11) is 0. The van der Waals surface area contributed by atoms with E-state index in [0.29, 0.717) is 24.1 Å². The SMILES string of the molecule is C=CCn1c(COc2ccc3c(c2)CCCC3)nnc1SCC(=O)Nc1c(C)cccc1C. The van der Waals surface area contributed by atoms with Crippen LogP contribution in [-0.2, 0) is 30.8 Å². The maximum Gasteiger partial charge on any atom is 0.234 e. The van der Waals surface area contributed by atoms with Crippen molar-refractivity contribution >= 4 is 23.4 Å². The van der Waals surface area contributed by atoms with E-state index in [9.17, 15) is 4.79 Å². The number of carbonyl (C=O) groups is 1. The molecule has 0 aliphatic heterocycles. The second-order valence-electron chi connectivity index (χ2n) is 8.33. The van der Waals surface area contributed by atoms with Gasteiger partial charge in [0.25, 0.3) is 0 Å². The molecule has 4 rings (SSSR count). The Labute approximate surface area is 199 Å². The number of hydrogen-bond donors (Lipinski definition) is 1. The van der Waals surface area contributed by atoms with Crippen molar-refractivity contribution in [3.05, 3.63) is 77.1 Å². The van der Waals surface area contributed by atoms with Gasteiger partial charge in [-0.05, 0) is 73.9 Å². The summed E-state index contributed by atoms with van der Waals surface area (Å²) in [6.45, 7) is 8.70. The van der Waals surface area contributed by atoms with E-state index < -0.39 is 0 Å². The minimum Gasteiger partial charge on any atom is -0.486 e. The first-order valence-corrected chi connectivity index (χ1v) is 12.3. The lowest BCUT2D eigenvalue weighted by Crippen LogP contribution is -2.16. The molecule has 2 aromatic carbocycles. The number of nitrogens with zero attached hydrogens (tertiary/aromatic N) is 3. The van der Waals surface area contributed by atoms with Gasteiger partial charge in [0.05, 0.1) is 5.75 Å². The molecule has 7 heteroatoms. The number of nitrogens with one attached hydrogen (secondary N) is 1. The maximum absolute atomic E-state index is 12.6. The molecule has 1 aliphatic rings. The van der Waals surface area contributed by atoms with Crippen molar-refractivity contribution in [2.45, 2.75) is 57.8 Å². The van der Waals surface area contributed by atoms with E-state index in [2.05, 4.69) is 34.2 Å². The number of benzene rings is 2. The van der Waals surface area contributed by atoms with E-state index in [1.54, 1.807) is 6.08 Å². The van der Waals surface area contributed by atoms with Gasteiger partial charge in [0, 0.05) is 12.2 Å². The number of aromatic nitrogens is 3. The first kappa shape index (κ1) is 23.1. The van der Waals surface area contributed by atoms with Gasteiger partial charge in [-0.2, -0.15) is 0 Å². The summed E-state index contributed by atoms with van der Waals surface area (Å²) in [5, 5.41) is 12.3. The number of amides is 1. The lowest BCUT2D eigenvalue weighted by molar-refractivity contribution is -0.113. The highest BCUT2D eigenvalue weighted by Crippen LogP contribution is 2.26. The highest BCUT2D eigenvalue weighted by atomic mass is 32.2. The monoisotopic (exact) mass is 462 g/mol. The first-order valence-electron chi connectivity index (χ1n) is 11.3. The van der Waals surface area contributed by atoms with E-state index in [0.717, 1.165) is 35.4 Å². The van der Waals surface area contributed by atoms with Crippen molar-refractivity contribution in [1.82, 2.24) is 14.8 Å². The largest absolute Gasteiger partial charge is 0.486 e. The third-order valence-electron chi connectivity index (χ3n) is 5.87. The zero-order chi connectivity index (χ0) is 23.2. The lowest BCUT2D eigenvalue weighted by atomic mass is 9.92. The van der Waals surface area contributed by atoms with Gasteiger partial charge in [0.2, 0.25) is 5.91 Å². The molecule has 33 heavy (non-hydrogen) atoms. The van der Waals surface area contributed by atoms with Crippen LogP contribution in [0.2, 0.25) is 0 Å². The third kappa shape index (κ3) is 5.66. The summed E-state index contributed by atoms with van der Waals surface area (Å²) in [6, 6.07) is 12.3. The summed E-state index contributed by atoms with van der Waals surface area (Å²) in [5.41, 5.74) is 5.78. The Balaban J connectivity index is 1.39. The smallest absolute Gasteiger partial charge is 0.234 e. The molecule has 1 aliphatic carbocycles. The van der Waals surface area contributed by atoms with Crippen LogP contribution in [0.15, 0.2) is 54.2 Å². The highest BCUT2D eigenvalue weighted by molar-refractivity contribution is 7.99. The fraction of sp³-hybridized carbons (Fsp3) is 0.346. The minimum absolute atomic E-state index is 0.0718. The van der Waals surface area contributed by atoms with Crippen LogP contribution >= 0.6 is 11.8 Å². The standard InChI is InChI=1S/C26H30N4O2S/c1-4-14-30-23(16-32-22-13-12-20-10-5-6-11-21(20)15-22)28-29-26(30)33-17-24(31)27-25-18(2)8-7-9-19(25)3/h4,7-9,12-13,15H,1,5-6,10-11,14,16-17H2,2-3H3,(H,27,31). The van der Waals surface area contributed by atoms with Crippen LogP contribution in [0.1, 0.15) is 40.9 Å². The molecule has 0 saturated heterocycles. The molecule has 0 atom stereocenters. The predicted molar refractivity (Wildman–Crippen MR) is 133 cm³/mol. The van der Waals surface area contributed by atoms with E-state index >= 15 is 0 Å². The summed E-state index contributed by atoms with van der Waals surface area (Å²) < 4.78 is 7.99. The normalized spacial score (nSPS) is 12.8. The Bertz CT molecular complexity index is 1130. The minimum atomic E-state index is -0.0718. The lowest BCUT2D eigenvalue weighted by Gasteiger charge is -2.17. The first-order chi connectivity index (χ1) is 16.0. The molecular weight excluding hydrogens is 432 g/mol. The molecule has 0 unspecified atom stereocenters. The molecule has 0 saturated carbocycles. The molecule has 0 fully saturated rings. The Morgan fingerprint density at radius 1 is 1.15 bits per heavy atom. The number of thioether (sulfide) groups is 1. The van der Waals surface area contributed by atoms with E-state index in [1.807, 2.05) is 42.7 Å². The van der Waals surface area contributed by atoms with Crippen molar-refractivity contribution < 1.29 is 9.53 Å². The average molecular weight is 463 g/mol. The zero-order valence-electron chi connectivity index (χ0n) is 19.3. The second-order valence-corrected chi connectivity index (χ2v) is 9.27. The van der Waals surface area contributed by atoms with Gasteiger partial charge >= 0.3 is 0 Å². The van der Waals surface area contributed by atoms with E-state index in [1.165, 1.54) is 35.7 Å². The Kier molecular flexibility index (Phi) is 7.50. The summed E-state index contributed by atoms with van der Waals surface area (Å²) in [4.78, 5) is 12.6. The van der Waals surface area contributed by atoms with Gasteiger partial charge in [-0.25, -0.2) is 0 Å².